The van der Waals surface area contributed by atoms with Crippen molar-refractivity contribution < 1.29 is 9.90 Å². The molecule has 3 rings (SSSR count). The van der Waals surface area contributed by atoms with E-state index >= 15 is 0 Å². The summed E-state index contributed by atoms with van der Waals surface area (Å²) < 4.78 is 0. The monoisotopic (exact) mass is 245 g/mol. The largest absolute Gasteiger partial charge is 0.478 e. The second-order valence-electron chi connectivity index (χ2n) is 4.87. The summed E-state index contributed by atoms with van der Waals surface area (Å²) in [6.07, 6.45) is 6.09. The van der Waals surface area contributed by atoms with E-state index in [2.05, 4.69) is 15.0 Å². The van der Waals surface area contributed by atoms with E-state index in [1.165, 1.54) is 19.0 Å². The van der Waals surface area contributed by atoms with Gasteiger partial charge in [0, 0.05) is 12.1 Å². The summed E-state index contributed by atoms with van der Waals surface area (Å²) in [7, 11) is 0. The highest BCUT2D eigenvalue weighted by molar-refractivity contribution is 6.03. The summed E-state index contributed by atoms with van der Waals surface area (Å²) in [5.41, 5.74) is 1.84. The molecule has 2 aromatic rings. The van der Waals surface area contributed by atoms with Gasteiger partial charge >= 0.3 is 5.97 Å². The van der Waals surface area contributed by atoms with Crippen LogP contribution >= 0.6 is 0 Å². The Morgan fingerprint density at radius 1 is 1.39 bits per heavy atom. The highest BCUT2D eigenvalue weighted by atomic mass is 16.4. The van der Waals surface area contributed by atoms with E-state index in [-0.39, 0.29) is 5.56 Å². The molecule has 5 nitrogen and oxygen atoms in total. The molecule has 0 atom stereocenters. The Kier molecular flexibility index (Phi) is 2.54. The highest BCUT2D eigenvalue weighted by Gasteiger charge is 2.25. The molecule has 94 valence electrons. The van der Waals surface area contributed by atoms with Crippen LogP contribution in [-0.2, 0) is 0 Å². The molecule has 1 aliphatic rings. The van der Waals surface area contributed by atoms with Crippen molar-refractivity contribution >= 4 is 17.0 Å². The van der Waals surface area contributed by atoms with E-state index in [9.17, 15) is 9.90 Å². The molecular formula is C13H15N3O2. The minimum atomic E-state index is -0.923. The smallest absolute Gasteiger partial charge is 0.338 e. The second-order valence-corrected chi connectivity index (χ2v) is 4.87. The van der Waals surface area contributed by atoms with Gasteiger partial charge in [0.05, 0.1) is 16.6 Å². The molecule has 2 N–H and O–H groups in total. The highest BCUT2D eigenvalue weighted by Crippen LogP contribution is 2.37. The van der Waals surface area contributed by atoms with Gasteiger partial charge in [-0.1, -0.05) is 12.8 Å². The van der Waals surface area contributed by atoms with Crippen molar-refractivity contribution in [1.82, 2.24) is 15.0 Å². The molecule has 5 heteroatoms. The van der Waals surface area contributed by atoms with Crippen molar-refractivity contribution in [2.45, 2.75) is 38.5 Å². The molecule has 18 heavy (non-hydrogen) atoms. The fraction of sp³-hybridized carbons (Fsp3) is 0.462. The number of carbonyl (C=O) groups is 1. The lowest BCUT2D eigenvalue weighted by molar-refractivity contribution is 0.0699. The molecule has 0 aromatic carbocycles. The van der Waals surface area contributed by atoms with E-state index in [4.69, 9.17) is 0 Å². The standard InChI is InChI=1S/C13H15N3O2/c1-7-15-11(8-4-2-3-5-8)10-9(13(17)18)6-14-12(10)16-7/h6,8H,2-5H2,1H3,(H,17,18)(H,14,15,16). The third-order valence-electron chi connectivity index (χ3n) is 3.64. The molecule has 1 fully saturated rings. The number of carboxylic acid groups (broad SMARTS) is 1. The van der Waals surface area contributed by atoms with Crippen LogP contribution in [0.2, 0.25) is 0 Å². The van der Waals surface area contributed by atoms with E-state index in [0.717, 1.165) is 18.5 Å². The van der Waals surface area contributed by atoms with Crippen LogP contribution in [0.15, 0.2) is 6.20 Å². The Balaban J connectivity index is 2.26. The molecule has 0 spiro atoms. The number of aromatic carboxylic acids is 1. The number of nitrogens with one attached hydrogen (secondary N) is 1. The second kappa shape index (κ2) is 4.08. The molecule has 0 aliphatic heterocycles. The first-order valence-electron chi connectivity index (χ1n) is 6.25. The van der Waals surface area contributed by atoms with Gasteiger partial charge in [0.25, 0.3) is 0 Å². The summed E-state index contributed by atoms with van der Waals surface area (Å²) in [5, 5.41) is 9.93. The SMILES string of the molecule is Cc1nc(C2CCCC2)c2c(C(=O)O)c[nH]c2n1. The van der Waals surface area contributed by atoms with Crippen LogP contribution in [-0.4, -0.2) is 26.0 Å². The molecule has 0 saturated heterocycles. The van der Waals surface area contributed by atoms with Gasteiger partial charge in [-0.3, -0.25) is 0 Å². The van der Waals surface area contributed by atoms with Gasteiger partial charge in [-0.2, -0.15) is 0 Å². The Hall–Kier alpha value is -1.91. The topological polar surface area (TPSA) is 78.9 Å². The van der Waals surface area contributed by atoms with Crippen molar-refractivity contribution in [3.63, 3.8) is 0 Å². The normalized spacial score (nSPS) is 16.5. The van der Waals surface area contributed by atoms with Crippen LogP contribution in [0.25, 0.3) is 11.0 Å². The summed E-state index contributed by atoms with van der Waals surface area (Å²) in [5.74, 6) is 0.152. The first-order chi connectivity index (χ1) is 8.66. The van der Waals surface area contributed by atoms with E-state index < -0.39 is 5.97 Å². The number of fused-ring (bicyclic) bond motifs is 1. The molecule has 2 aromatic heterocycles. The Labute approximate surface area is 104 Å². The van der Waals surface area contributed by atoms with Crippen LogP contribution in [0, 0.1) is 6.92 Å². The van der Waals surface area contributed by atoms with Gasteiger partial charge in [0.2, 0.25) is 0 Å². The summed E-state index contributed by atoms with van der Waals surface area (Å²) >= 11 is 0. The van der Waals surface area contributed by atoms with Gasteiger partial charge < -0.3 is 10.1 Å². The van der Waals surface area contributed by atoms with E-state index in [0.29, 0.717) is 22.8 Å². The molecule has 1 saturated carbocycles. The molecule has 2 heterocycles. The minimum Gasteiger partial charge on any atom is -0.478 e. The molecule has 1 aliphatic carbocycles. The maximum atomic E-state index is 11.3. The van der Waals surface area contributed by atoms with E-state index in [1.54, 1.807) is 0 Å². The van der Waals surface area contributed by atoms with Crippen LogP contribution in [0.4, 0.5) is 0 Å². The van der Waals surface area contributed by atoms with E-state index in [1.807, 2.05) is 6.92 Å². The molecule has 0 amide bonds. The van der Waals surface area contributed by atoms with Gasteiger partial charge in [0.15, 0.2) is 0 Å². The van der Waals surface area contributed by atoms with Crippen molar-refractivity contribution in [3.05, 3.63) is 23.3 Å². The van der Waals surface area contributed by atoms with Gasteiger partial charge in [-0.15, -0.1) is 0 Å². The van der Waals surface area contributed by atoms with Crippen molar-refractivity contribution in [2.75, 3.05) is 0 Å². The van der Waals surface area contributed by atoms with Crippen molar-refractivity contribution in [3.8, 4) is 0 Å². The minimum absolute atomic E-state index is 0.284. The molecule has 0 bridgehead atoms. The summed E-state index contributed by atoms with van der Waals surface area (Å²) in [6, 6.07) is 0. The molecule has 0 radical (unpaired) electrons. The number of H-pyrrole nitrogens is 1. The predicted molar refractivity (Wildman–Crippen MR) is 66.8 cm³/mol. The maximum Gasteiger partial charge on any atom is 0.338 e. The van der Waals surface area contributed by atoms with Gasteiger partial charge in [-0.25, -0.2) is 14.8 Å². The summed E-state index contributed by atoms with van der Waals surface area (Å²) in [4.78, 5) is 23.0. The third kappa shape index (κ3) is 1.66. The Morgan fingerprint density at radius 3 is 2.78 bits per heavy atom. The number of hydrogen-bond donors (Lipinski definition) is 2. The summed E-state index contributed by atoms with van der Waals surface area (Å²) in [6.45, 7) is 1.85. The number of aromatic amines is 1. The lowest BCUT2D eigenvalue weighted by Gasteiger charge is -2.11. The Bertz CT molecular complexity index is 612. The van der Waals surface area contributed by atoms with Crippen molar-refractivity contribution in [2.24, 2.45) is 0 Å². The molecule has 0 unspecified atom stereocenters. The zero-order valence-corrected chi connectivity index (χ0v) is 10.2. The number of aromatic nitrogens is 3. The number of rotatable bonds is 2. The zero-order chi connectivity index (χ0) is 12.7. The van der Waals surface area contributed by atoms with Gasteiger partial charge in [0.1, 0.15) is 11.5 Å². The number of aryl methyl sites for hydroxylation is 1. The first kappa shape index (κ1) is 11.2. The quantitative estimate of drug-likeness (QED) is 0.852. The first-order valence-corrected chi connectivity index (χ1v) is 6.25. The number of hydrogen-bond acceptors (Lipinski definition) is 3. The predicted octanol–water partition coefficient (Wildman–Crippen LogP) is 2.62. The fourth-order valence-electron chi connectivity index (χ4n) is 2.84. The van der Waals surface area contributed by atoms with Gasteiger partial charge in [-0.05, 0) is 19.8 Å². The van der Waals surface area contributed by atoms with Crippen LogP contribution < -0.4 is 0 Å². The van der Waals surface area contributed by atoms with Crippen LogP contribution in [0.3, 0.4) is 0 Å². The maximum absolute atomic E-state index is 11.3. The van der Waals surface area contributed by atoms with Crippen LogP contribution in [0.5, 0.6) is 0 Å². The lowest BCUT2D eigenvalue weighted by atomic mass is 9.99. The van der Waals surface area contributed by atoms with Crippen LogP contribution in [0.1, 0.15) is 53.5 Å². The number of nitrogens with zero attached hydrogens (tertiary/aromatic N) is 2. The number of carboxylic acids is 1. The fourth-order valence-corrected chi connectivity index (χ4v) is 2.84. The Morgan fingerprint density at radius 2 is 2.11 bits per heavy atom. The lowest BCUT2D eigenvalue weighted by Crippen LogP contribution is -2.04. The average Bonchev–Trinajstić information content (AvgIpc) is 2.96. The molecular weight excluding hydrogens is 230 g/mol. The zero-order valence-electron chi connectivity index (χ0n) is 10.2. The third-order valence-corrected chi connectivity index (χ3v) is 3.64. The van der Waals surface area contributed by atoms with Crippen molar-refractivity contribution in [1.29, 1.82) is 0 Å². The average molecular weight is 245 g/mol.